The van der Waals surface area contributed by atoms with Crippen LogP contribution in [0.15, 0.2) is 0 Å². The summed E-state index contributed by atoms with van der Waals surface area (Å²) in [5, 5.41) is 7.32. The van der Waals surface area contributed by atoms with E-state index in [0.717, 1.165) is 6.42 Å². The van der Waals surface area contributed by atoms with Gasteiger partial charge in [-0.1, -0.05) is 6.42 Å². The summed E-state index contributed by atoms with van der Waals surface area (Å²) < 4.78 is 0. The summed E-state index contributed by atoms with van der Waals surface area (Å²) >= 11 is 5.99. The maximum absolute atomic E-state index is 5.99. The SMILES string of the molecule is C[N-]C.C[N-]C.C[N-]OC[C@@H]1CCCC1Cl.[CH3-].[Zr+4]. The molecule has 4 nitrogen and oxygen atoms in total. The predicted octanol–water partition coefficient (Wildman–Crippen LogP) is 4.02. The molecule has 0 aromatic heterocycles. The van der Waals surface area contributed by atoms with Gasteiger partial charge in [-0.05, 0) is 18.8 Å². The molecule has 1 rings (SSSR count). The van der Waals surface area contributed by atoms with Gasteiger partial charge in [0.25, 0.3) is 0 Å². The molecule has 2 atom stereocenters. The molecule has 0 bridgehead atoms. The standard InChI is InChI=1S/C7H13ClNO.2C2H6N.CH3.Zr/c1-9-10-5-6-3-2-4-7(6)8;2*1-3-2;;/h6-7H,2-5H2,1H3;2*1-2H3;1H3;/q4*-1;+4/t6-,7?;;;;/m0..../s1. The molecule has 0 heterocycles. The summed E-state index contributed by atoms with van der Waals surface area (Å²) in [6.45, 7) is 0.699. The van der Waals surface area contributed by atoms with Crippen molar-refractivity contribution in [2.24, 2.45) is 5.92 Å². The van der Waals surface area contributed by atoms with Gasteiger partial charge in [-0.2, -0.15) is 28.2 Å². The van der Waals surface area contributed by atoms with Crippen LogP contribution >= 0.6 is 11.6 Å². The Kier molecular flexibility index (Phi) is 35.2. The van der Waals surface area contributed by atoms with Crippen LogP contribution in [0.1, 0.15) is 19.3 Å². The second-order valence-electron chi connectivity index (χ2n) is 3.58. The van der Waals surface area contributed by atoms with Crippen molar-refractivity contribution in [3.63, 3.8) is 0 Å². The van der Waals surface area contributed by atoms with Gasteiger partial charge in [0.15, 0.2) is 0 Å². The van der Waals surface area contributed by atoms with Gasteiger partial charge in [0.2, 0.25) is 0 Å². The van der Waals surface area contributed by atoms with Crippen LogP contribution in [0.5, 0.6) is 0 Å². The summed E-state index contributed by atoms with van der Waals surface area (Å²) in [6.07, 6.45) is 3.58. The molecular weight excluding hydrogens is 329 g/mol. The van der Waals surface area contributed by atoms with Crippen molar-refractivity contribution in [3.8, 4) is 0 Å². The molecule has 1 fully saturated rings. The van der Waals surface area contributed by atoms with Crippen LogP contribution in [0.25, 0.3) is 16.1 Å². The maximum atomic E-state index is 5.99. The zero-order valence-electron chi connectivity index (χ0n) is 12.6. The summed E-state index contributed by atoms with van der Waals surface area (Å²) in [7, 11) is 8.65. The van der Waals surface area contributed by atoms with Crippen LogP contribution in [0.2, 0.25) is 0 Å². The molecule has 1 aliphatic rings. The normalized spacial score (nSPS) is 20.3. The second kappa shape index (κ2) is 23.1. The molecular formula is C12H28ClN3OZr. The first kappa shape index (κ1) is 27.4. The average Bonchev–Trinajstić information content (AvgIpc) is 2.63. The van der Waals surface area contributed by atoms with E-state index in [1.807, 2.05) is 0 Å². The summed E-state index contributed by atoms with van der Waals surface area (Å²) in [5.41, 5.74) is 3.57. The molecule has 0 aromatic rings. The zero-order chi connectivity index (χ0) is 12.8. The third kappa shape index (κ3) is 19.4. The Labute approximate surface area is 138 Å². The third-order valence-electron chi connectivity index (χ3n) is 1.98. The number of nitrogens with zero attached hydrogens (tertiary/aromatic N) is 3. The first-order valence-corrected chi connectivity index (χ1v) is 5.92. The van der Waals surface area contributed by atoms with Gasteiger partial charge in [-0.25, -0.2) is 0 Å². The van der Waals surface area contributed by atoms with E-state index in [2.05, 4.69) is 16.1 Å². The topological polar surface area (TPSA) is 51.5 Å². The van der Waals surface area contributed by atoms with E-state index in [0.29, 0.717) is 17.9 Å². The van der Waals surface area contributed by atoms with Gasteiger partial charge >= 0.3 is 26.2 Å². The molecule has 0 aromatic carbocycles. The molecule has 0 saturated heterocycles. The predicted molar refractivity (Wildman–Crippen MR) is 79.0 cm³/mol. The Hall–Kier alpha value is 1.01. The molecule has 0 spiro atoms. The second-order valence-corrected chi connectivity index (χ2v) is 4.14. The quantitative estimate of drug-likeness (QED) is 0.428. The number of hydrogen-bond donors (Lipinski definition) is 0. The van der Waals surface area contributed by atoms with E-state index < -0.39 is 0 Å². The molecule has 0 N–H and O–H groups in total. The Balaban J connectivity index is -0.000000106. The van der Waals surface area contributed by atoms with E-state index in [9.17, 15) is 0 Å². The van der Waals surface area contributed by atoms with Gasteiger partial charge in [0.05, 0.1) is 0 Å². The van der Waals surface area contributed by atoms with Crippen LogP contribution < -0.4 is 0 Å². The fourth-order valence-corrected chi connectivity index (χ4v) is 1.70. The van der Waals surface area contributed by atoms with Crippen molar-refractivity contribution in [1.82, 2.24) is 0 Å². The average molecular weight is 357 g/mol. The smallest absolute Gasteiger partial charge is 0.668 e. The maximum Gasteiger partial charge on any atom is 4.00 e. The minimum atomic E-state index is 0. The summed E-state index contributed by atoms with van der Waals surface area (Å²) in [4.78, 5) is 4.93. The Morgan fingerprint density at radius 2 is 1.50 bits per heavy atom. The van der Waals surface area contributed by atoms with Gasteiger partial charge in [-0.15, -0.1) is 18.6 Å². The molecule has 1 unspecified atom stereocenters. The van der Waals surface area contributed by atoms with E-state index in [1.165, 1.54) is 12.8 Å². The third-order valence-corrected chi connectivity index (χ3v) is 2.56. The van der Waals surface area contributed by atoms with Crippen molar-refractivity contribution in [2.45, 2.75) is 24.6 Å². The molecule has 0 radical (unpaired) electrons. The Morgan fingerprint density at radius 3 is 1.78 bits per heavy atom. The number of hydroxylamine groups is 1. The molecule has 18 heavy (non-hydrogen) atoms. The minimum Gasteiger partial charge on any atom is -0.668 e. The molecule has 0 amide bonds. The number of rotatable bonds is 3. The van der Waals surface area contributed by atoms with E-state index in [4.69, 9.17) is 16.4 Å². The van der Waals surface area contributed by atoms with E-state index >= 15 is 0 Å². The molecule has 1 aliphatic carbocycles. The van der Waals surface area contributed by atoms with Crippen LogP contribution in [0, 0.1) is 13.3 Å². The molecule has 0 aliphatic heterocycles. The monoisotopic (exact) mass is 355 g/mol. The fourth-order valence-electron chi connectivity index (χ4n) is 1.35. The molecule has 1 saturated carbocycles. The van der Waals surface area contributed by atoms with Crippen molar-refractivity contribution in [1.29, 1.82) is 0 Å². The minimum absolute atomic E-state index is 0. The van der Waals surface area contributed by atoms with Crippen molar-refractivity contribution >= 4 is 11.6 Å². The van der Waals surface area contributed by atoms with Crippen molar-refractivity contribution < 1.29 is 31.0 Å². The van der Waals surface area contributed by atoms with Crippen LogP contribution in [0.4, 0.5) is 0 Å². The fraction of sp³-hybridized carbons (Fsp3) is 0.917. The number of hydrogen-bond acceptors (Lipinski definition) is 1. The Bertz CT molecular complexity index is 132. The van der Waals surface area contributed by atoms with Crippen LogP contribution in [-0.2, 0) is 31.0 Å². The number of alkyl halides is 1. The zero-order valence-corrected chi connectivity index (χ0v) is 15.8. The largest absolute Gasteiger partial charge is 4.00 e. The van der Waals surface area contributed by atoms with Gasteiger partial charge in [-0.3, -0.25) is 0 Å². The van der Waals surface area contributed by atoms with Gasteiger partial charge in [0.1, 0.15) is 0 Å². The van der Waals surface area contributed by atoms with Gasteiger partial charge < -0.3 is 28.4 Å². The van der Waals surface area contributed by atoms with E-state index in [1.54, 1.807) is 35.2 Å². The van der Waals surface area contributed by atoms with Crippen LogP contribution in [-0.4, -0.2) is 47.2 Å². The Morgan fingerprint density at radius 1 is 1.06 bits per heavy atom. The van der Waals surface area contributed by atoms with Crippen molar-refractivity contribution in [3.05, 3.63) is 23.5 Å². The number of halogens is 1. The van der Waals surface area contributed by atoms with Crippen molar-refractivity contribution in [2.75, 3.05) is 41.8 Å². The van der Waals surface area contributed by atoms with E-state index in [-0.39, 0.29) is 33.6 Å². The van der Waals surface area contributed by atoms with Gasteiger partial charge in [0, 0.05) is 12.0 Å². The first-order valence-electron chi connectivity index (χ1n) is 5.48. The molecule has 108 valence electrons. The molecule has 6 heteroatoms. The summed E-state index contributed by atoms with van der Waals surface area (Å²) in [5.74, 6) is 0.533. The summed E-state index contributed by atoms with van der Waals surface area (Å²) in [6, 6.07) is 0. The first-order chi connectivity index (χ1) is 7.67. The van der Waals surface area contributed by atoms with Crippen LogP contribution in [0.3, 0.4) is 0 Å².